The Morgan fingerprint density at radius 2 is 1.84 bits per heavy atom. The number of carbonyl (C=O) groups is 1. The van der Waals surface area contributed by atoms with Crippen molar-refractivity contribution in [1.82, 2.24) is 4.98 Å². The van der Waals surface area contributed by atoms with Crippen LogP contribution in [0.2, 0.25) is 0 Å². The predicted octanol–water partition coefficient (Wildman–Crippen LogP) is 5.25. The van der Waals surface area contributed by atoms with E-state index in [0.717, 1.165) is 22.0 Å². The van der Waals surface area contributed by atoms with Gasteiger partial charge in [0.25, 0.3) is 0 Å². The highest BCUT2D eigenvalue weighted by molar-refractivity contribution is 8.00. The van der Waals surface area contributed by atoms with E-state index in [4.69, 9.17) is 9.47 Å². The number of hydrogen-bond acceptors (Lipinski definition) is 6. The van der Waals surface area contributed by atoms with Gasteiger partial charge in [-0.25, -0.2) is 4.98 Å². The number of rotatable bonds is 8. The molecule has 0 spiro atoms. The van der Waals surface area contributed by atoms with Gasteiger partial charge in [-0.2, -0.15) is 5.26 Å². The lowest BCUT2D eigenvalue weighted by Crippen LogP contribution is -2.15. The normalized spacial score (nSPS) is 10.5. The van der Waals surface area contributed by atoms with Crippen molar-refractivity contribution in [1.29, 1.82) is 5.26 Å². The standard InChI is InChI=1S/C24H25N3O3S/c1-5-29-18-9-10-21(30-6-2)20(12-18)26-22(28)14-31-24-17(13-25)11-19-15(3)7-8-16(4)23(19)27-24/h7-12H,5-6,14H2,1-4H3,(H,26,28). The van der Waals surface area contributed by atoms with Gasteiger partial charge >= 0.3 is 0 Å². The zero-order chi connectivity index (χ0) is 22.4. The molecule has 0 aliphatic rings. The van der Waals surface area contributed by atoms with E-state index in [1.54, 1.807) is 18.2 Å². The topological polar surface area (TPSA) is 84.2 Å². The second-order valence-corrected chi connectivity index (χ2v) is 7.87. The molecular weight excluding hydrogens is 410 g/mol. The SMILES string of the molecule is CCOc1ccc(OCC)c(NC(=O)CSc2nc3c(C)ccc(C)c3cc2C#N)c1. The molecule has 2 aromatic carbocycles. The number of fused-ring (bicyclic) bond motifs is 1. The van der Waals surface area contributed by atoms with Crippen molar-refractivity contribution in [2.24, 2.45) is 0 Å². The molecule has 0 fully saturated rings. The summed E-state index contributed by atoms with van der Waals surface area (Å²) in [5.41, 5.74) is 3.97. The number of amides is 1. The minimum atomic E-state index is -0.216. The highest BCUT2D eigenvalue weighted by Gasteiger charge is 2.14. The number of benzene rings is 2. The van der Waals surface area contributed by atoms with E-state index in [1.165, 1.54) is 11.8 Å². The average molecular weight is 436 g/mol. The molecule has 160 valence electrons. The second kappa shape index (κ2) is 10.2. The van der Waals surface area contributed by atoms with E-state index in [9.17, 15) is 10.1 Å². The van der Waals surface area contributed by atoms with Crippen LogP contribution >= 0.6 is 11.8 Å². The first kappa shape index (κ1) is 22.4. The van der Waals surface area contributed by atoms with Gasteiger partial charge in [-0.05, 0) is 57.0 Å². The molecule has 1 heterocycles. The van der Waals surface area contributed by atoms with E-state index >= 15 is 0 Å². The van der Waals surface area contributed by atoms with Crippen LogP contribution in [0.3, 0.4) is 0 Å². The summed E-state index contributed by atoms with van der Waals surface area (Å²) in [4.78, 5) is 17.3. The molecule has 1 N–H and O–H groups in total. The third-order valence-electron chi connectivity index (χ3n) is 4.67. The molecule has 0 saturated carbocycles. The predicted molar refractivity (Wildman–Crippen MR) is 124 cm³/mol. The first-order valence-electron chi connectivity index (χ1n) is 10.1. The number of nitrogens with one attached hydrogen (secondary N) is 1. The summed E-state index contributed by atoms with van der Waals surface area (Å²) < 4.78 is 11.1. The van der Waals surface area contributed by atoms with Gasteiger partial charge < -0.3 is 14.8 Å². The first-order chi connectivity index (χ1) is 15.0. The monoisotopic (exact) mass is 435 g/mol. The molecule has 0 aliphatic heterocycles. The van der Waals surface area contributed by atoms with Gasteiger partial charge in [-0.15, -0.1) is 0 Å². The van der Waals surface area contributed by atoms with Gasteiger partial charge in [-0.3, -0.25) is 4.79 Å². The first-order valence-corrected chi connectivity index (χ1v) is 11.1. The van der Waals surface area contributed by atoms with Crippen LogP contribution < -0.4 is 14.8 Å². The third-order valence-corrected chi connectivity index (χ3v) is 5.66. The number of carbonyl (C=O) groups excluding carboxylic acids is 1. The molecule has 31 heavy (non-hydrogen) atoms. The van der Waals surface area contributed by atoms with Gasteiger partial charge in [0.2, 0.25) is 5.91 Å². The van der Waals surface area contributed by atoms with Gasteiger partial charge in [0.1, 0.15) is 22.6 Å². The summed E-state index contributed by atoms with van der Waals surface area (Å²) in [7, 11) is 0. The Labute approximate surface area is 186 Å². The maximum atomic E-state index is 12.7. The van der Waals surface area contributed by atoms with E-state index in [0.29, 0.717) is 41.0 Å². The van der Waals surface area contributed by atoms with Crippen LogP contribution in [0.1, 0.15) is 30.5 Å². The number of nitrogens with zero attached hydrogens (tertiary/aromatic N) is 2. The van der Waals surface area contributed by atoms with Crippen LogP contribution in [0.5, 0.6) is 11.5 Å². The van der Waals surface area contributed by atoms with Crippen molar-refractivity contribution in [3.8, 4) is 17.6 Å². The smallest absolute Gasteiger partial charge is 0.234 e. The highest BCUT2D eigenvalue weighted by Crippen LogP contribution is 2.31. The summed E-state index contributed by atoms with van der Waals surface area (Å²) in [5, 5.41) is 14.0. The fourth-order valence-electron chi connectivity index (χ4n) is 3.17. The van der Waals surface area contributed by atoms with Crippen LogP contribution in [-0.2, 0) is 4.79 Å². The zero-order valence-corrected chi connectivity index (χ0v) is 18.9. The molecule has 6 nitrogen and oxygen atoms in total. The van der Waals surface area contributed by atoms with Crippen molar-refractivity contribution in [3.63, 3.8) is 0 Å². The number of hydrogen-bond donors (Lipinski definition) is 1. The Hall–Kier alpha value is -3.24. The Morgan fingerprint density at radius 1 is 1.10 bits per heavy atom. The van der Waals surface area contributed by atoms with Crippen LogP contribution in [0, 0.1) is 25.2 Å². The van der Waals surface area contributed by atoms with Crippen molar-refractivity contribution in [2.75, 3.05) is 24.3 Å². The van der Waals surface area contributed by atoms with Gasteiger partial charge in [0, 0.05) is 11.5 Å². The number of nitriles is 1. The molecule has 0 unspecified atom stereocenters. The van der Waals surface area contributed by atoms with Crippen LogP contribution in [0.4, 0.5) is 5.69 Å². The molecule has 3 rings (SSSR count). The number of aromatic nitrogens is 1. The molecule has 0 atom stereocenters. The molecule has 0 radical (unpaired) electrons. The van der Waals surface area contributed by atoms with Crippen LogP contribution in [0.15, 0.2) is 41.4 Å². The molecule has 7 heteroatoms. The number of pyridine rings is 1. The van der Waals surface area contributed by atoms with Crippen molar-refractivity contribution < 1.29 is 14.3 Å². The molecule has 0 aliphatic carbocycles. The zero-order valence-electron chi connectivity index (χ0n) is 18.1. The number of aryl methyl sites for hydroxylation is 2. The van der Waals surface area contributed by atoms with E-state index < -0.39 is 0 Å². The summed E-state index contributed by atoms with van der Waals surface area (Å²) in [6.45, 7) is 8.78. The molecule has 1 aromatic heterocycles. The minimum Gasteiger partial charge on any atom is -0.494 e. The van der Waals surface area contributed by atoms with E-state index in [1.807, 2.05) is 45.9 Å². The van der Waals surface area contributed by atoms with Crippen molar-refractivity contribution in [2.45, 2.75) is 32.7 Å². The third kappa shape index (κ3) is 5.28. The number of thioether (sulfide) groups is 1. The molecular formula is C24H25N3O3S. The molecule has 0 bridgehead atoms. The maximum Gasteiger partial charge on any atom is 0.234 e. The summed E-state index contributed by atoms with van der Waals surface area (Å²) in [5.74, 6) is 1.13. The Morgan fingerprint density at radius 3 is 2.55 bits per heavy atom. The minimum absolute atomic E-state index is 0.114. The lowest BCUT2D eigenvalue weighted by molar-refractivity contribution is -0.113. The van der Waals surface area contributed by atoms with E-state index in [2.05, 4.69) is 16.4 Å². The summed E-state index contributed by atoms with van der Waals surface area (Å²) in [6, 6.07) is 13.4. The maximum absolute atomic E-state index is 12.7. The second-order valence-electron chi connectivity index (χ2n) is 6.91. The quantitative estimate of drug-likeness (QED) is 0.487. The Kier molecular flexibility index (Phi) is 7.37. The van der Waals surface area contributed by atoms with Crippen molar-refractivity contribution >= 4 is 34.3 Å². The van der Waals surface area contributed by atoms with Gasteiger partial charge in [0.15, 0.2) is 0 Å². The van der Waals surface area contributed by atoms with Crippen LogP contribution in [0.25, 0.3) is 10.9 Å². The summed E-state index contributed by atoms with van der Waals surface area (Å²) >= 11 is 1.24. The Balaban J connectivity index is 1.80. The fourth-order valence-corrected chi connectivity index (χ4v) is 3.93. The average Bonchev–Trinajstić information content (AvgIpc) is 2.76. The number of anilines is 1. The lowest BCUT2D eigenvalue weighted by atomic mass is 10.0. The highest BCUT2D eigenvalue weighted by atomic mass is 32.2. The summed E-state index contributed by atoms with van der Waals surface area (Å²) in [6.07, 6.45) is 0. The Bertz CT molecular complexity index is 1150. The van der Waals surface area contributed by atoms with Gasteiger partial charge in [0.05, 0.1) is 35.7 Å². The molecule has 3 aromatic rings. The van der Waals surface area contributed by atoms with Crippen LogP contribution in [-0.4, -0.2) is 29.9 Å². The lowest BCUT2D eigenvalue weighted by Gasteiger charge is -2.14. The van der Waals surface area contributed by atoms with Gasteiger partial charge in [-0.1, -0.05) is 23.9 Å². The molecule has 1 amide bonds. The largest absolute Gasteiger partial charge is 0.494 e. The fraction of sp³-hybridized carbons (Fsp3) is 0.292. The molecule has 0 saturated heterocycles. The number of ether oxygens (including phenoxy) is 2. The van der Waals surface area contributed by atoms with E-state index in [-0.39, 0.29) is 11.7 Å². The van der Waals surface area contributed by atoms with Crippen molar-refractivity contribution in [3.05, 3.63) is 53.1 Å².